The smallest absolute Gasteiger partial charge is 0.248 e. The third kappa shape index (κ3) is 4.83. The van der Waals surface area contributed by atoms with Gasteiger partial charge in [0.15, 0.2) is 5.82 Å². The van der Waals surface area contributed by atoms with E-state index in [9.17, 15) is 9.18 Å². The predicted octanol–water partition coefficient (Wildman–Crippen LogP) is 3.41. The van der Waals surface area contributed by atoms with Gasteiger partial charge in [0.2, 0.25) is 11.9 Å². The maximum Gasteiger partial charge on any atom is 0.248 e. The molecule has 0 aliphatic carbocycles. The van der Waals surface area contributed by atoms with Crippen LogP contribution in [0, 0.1) is 12.7 Å². The number of amides is 1. The standard InChI is InChI=1S/C23H27ClFN7O2/c1-14(2)32-15(3)26-12-20(32)22-18(25)11-27-23(29-22)28-16-4-5-19(17(24)10-16)30-6-8-31(9-7-30)21(34)13-33/h4-5,10-12,14,33H,6-9,13H2,1-3H3,(H,27,28,29). The molecule has 9 nitrogen and oxygen atoms in total. The van der Waals surface area contributed by atoms with Crippen molar-refractivity contribution < 1.29 is 14.3 Å². The van der Waals surface area contributed by atoms with Gasteiger partial charge in [-0.3, -0.25) is 4.79 Å². The number of imidazole rings is 1. The Labute approximate surface area is 202 Å². The van der Waals surface area contributed by atoms with Crippen LogP contribution in [-0.2, 0) is 4.79 Å². The highest BCUT2D eigenvalue weighted by molar-refractivity contribution is 6.33. The van der Waals surface area contributed by atoms with Crippen LogP contribution >= 0.6 is 11.6 Å². The minimum Gasteiger partial charge on any atom is -0.387 e. The van der Waals surface area contributed by atoms with Crippen molar-refractivity contribution in [3.05, 3.63) is 47.3 Å². The maximum absolute atomic E-state index is 14.6. The van der Waals surface area contributed by atoms with E-state index in [4.69, 9.17) is 16.7 Å². The highest BCUT2D eigenvalue weighted by atomic mass is 35.5. The molecule has 0 saturated carbocycles. The third-order valence-electron chi connectivity index (χ3n) is 5.80. The highest BCUT2D eigenvalue weighted by Gasteiger charge is 2.22. The van der Waals surface area contributed by atoms with Gasteiger partial charge in [-0.25, -0.2) is 19.3 Å². The first-order chi connectivity index (χ1) is 16.3. The summed E-state index contributed by atoms with van der Waals surface area (Å²) in [4.78, 5) is 28.2. The quantitative estimate of drug-likeness (QED) is 0.549. The van der Waals surface area contributed by atoms with Crippen molar-refractivity contribution >= 4 is 34.8 Å². The van der Waals surface area contributed by atoms with Crippen LogP contribution in [-0.4, -0.2) is 68.2 Å². The van der Waals surface area contributed by atoms with E-state index in [0.29, 0.717) is 42.6 Å². The Morgan fingerprint density at radius 1 is 1.21 bits per heavy atom. The summed E-state index contributed by atoms with van der Waals surface area (Å²) < 4.78 is 16.5. The van der Waals surface area contributed by atoms with Crippen LogP contribution in [0.3, 0.4) is 0 Å². The molecule has 34 heavy (non-hydrogen) atoms. The van der Waals surface area contributed by atoms with Crippen molar-refractivity contribution in [1.82, 2.24) is 24.4 Å². The SMILES string of the molecule is Cc1ncc(-c2nc(Nc3ccc(N4CCN(C(=O)CO)CC4)c(Cl)c3)ncc2F)n1C(C)C. The number of nitrogens with zero attached hydrogens (tertiary/aromatic N) is 6. The van der Waals surface area contributed by atoms with Crippen molar-refractivity contribution in [2.75, 3.05) is 43.0 Å². The van der Waals surface area contributed by atoms with Gasteiger partial charge in [-0.05, 0) is 39.0 Å². The van der Waals surface area contributed by atoms with E-state index in [-0.39, 0.29) is 23.6 Å². The fraction of sp³-hybridized carbons (Fsp3) is 0.391. The average Bonchev–Trinajstić information content (AvgIpc) is 3.21. The van der Waals surface area contributed by atoms with E-state index in [1.54, 1.807) is 17.2 Å². The number of piperazine rings is 1. The zero-order chi connectivity index (χ0) is 24.4. The number of benzene rings is 1. The Kier molecular flexibility index (Phi) is 6.99. The fourth-order valence-corrected chi connectivity index (χ4v) is 4.45. The van der Waals surface area contributed by atoms with E-state index in [0.717, 1.165) is 17.7 Å². The topological polar surface area (TPSA) is 99.4 Å². The van der Waals surface area contributed by atoms with Crippen LogP contribution in [0.5, 0.6) is 0 Å². The second-order valence-corrected chi connectivity index (χ2v) is 8.77. The molecular formula is C23H27ClFN7O2. The summed E-state index contributed by atoms with van der Waals surface area (Å²) >= 11 is 6.55. The van der Waals surface area contributed by atoms with Gasteiger partial charge in [-0.2, -0.15) is 0 Å². The van der Waals surface area contributed by atoms with Crippen molar-refractivity contribution in [3.8, 4) is 11.4 Å². The van der Waals surface area contributed by atoms with E-state index < -0.39 is 12.4 Å². The summed E-state index contributed by atoms with van der Waals surface area (Å²) in [6.07, 6.45) is 2.75. The lowest BCUT2D eigenvalue weighted by Crippen LogP contribution is -2.49. The number of aliphatic hydroxyl groups excluding tert-OH is 1. The summed E-state index contributed by atoms with van der Waals surface area (Å²) in [6.45, 7) is 7.68. The zero-order valence-electron chi connectivity index (χ0n) is 19.3. The van der Waals surface area contributed by atoms with Gasteiger partial charge in [0.05, 0.1) is 28.8 Å². The fourth-order valence-electron chi connectivity index (χ4n) is 4.15. The Balaban J connectivity index is 1.52. The van der Waals surface area contributed by atoms with Gasteiger partial charge in [0.1, 0.15) is 18.1 Å². The molecule has 1 aliphatic rings. The molecule has 1 saturated heterocycles. The van der Waals surface area contributed by atoms with Crippen LogP contribution < -0.4 is 10.2 Å². The summed E-state index contributed by atoms with van der Waals surface area (Å²) in [7, 11) is 0. The number of aryl methyl sites for hydroxylation is 1. The van der Waals surface area contributed by atoms with E-state index >= 15 is 0 Å². The highest BCUT2D eigenvalue weighted by Crippen LogP contribution is 2.31. The molecular weight excluding hydrogens is 461 g/mol. The molecule has 0 radical (unpaired) electrons. The lowest BCUT2D eigenvalue weighted by molar-refractivity contribution is -0.134. The Hall–Kier alpha value is -3.24. The Morgan fingerprint density at radius 3 is 2.59 bits per heavy atom. The second-order valence-electron chi connectivity index (χ2n) is 8.36. The lowest BCUT2D eigenvalue weighted by Gasteiger charge is -2.36. The number of rotatable bonds is 6. The minimum absolute atomic E-state index is 0.0956. The minimum atomic E-state index is -0.528. The molecule has 3 heterocycles. The van der Waals surface area contributed by atoms with Gasteiger partial charge >= 0.3 is 0 Å². The monoisotopic (exact) mass is 487 g/mol. The molecule has 2 N–H and O–H groups in total. The molecule has 180 valence electrons. The van der Waals surface area contributed by atoms with Crippen molar-refractivity contribution in [1.29, 1.82) is 0 Å². The normalized spacial score (nSPS) is 14.1. The number of carbonyl (C=O) groups excluding carboxylic acids is 1. The largest absolute Gasteiger partial charge is 0.387 e. The number of carbonyl (C=O) groups is 1. The van der Waals surface area contributed by atoms with Crippen LogP contribution in [0.25, 0.3) is 11.4 Å². The first kappa shape index (κ1) is 23.9. The van der Waals surface area contributed by atoms with Crippen molar-refractivity contribution in [2.45, 2.75) is 26.8 Å². The first-order valence-electron chi connectivity index (χ1n) is 11.1. The third-order valence-corrected chi connectivity index (χ3v) is 6.10. The molecule has 1 aromatic carbocycles. The maximum atomic E-state index is 14.6. The van der Waals surface area contributed by atoms with Gasteiger partial charge in [-0.1, -0.05) is 11.6 Å². The molecule has 4 rings (SSSR count). The molecule has 0 atom stereocenters. The molecule has 1 aliphatic heterocycles. The van der Waals surface area contributed by atoms with Crippen LogP contribution in [0.4, 0.5) is 21.7 Å². The number of halogens is 2. The zero-order valence-corrected chi connectivity index (χ0v) is 20.1. The Bertz CT molecular complexity index is 1190. The molecule has 1 fully saturated rings. The predicted molar refractivity (Wildman–Crippen MR) is 129 cm³/mol. The van der Waals surface area contributed by atoms with Gasteiger partial charge in [0.25, 0.3) is 0 Å². The van der Waals surface area contributed by atoms with Gasteiger partial charge in [-0.15, -0.1) is 0 Å². The van der Waals surface area contributed by atoms with Gasteiger partial charge in [0, 0.05) is 37.9 Å². The van der Waals surface area contributed by atoms with E-state index in [1.807, 2.05) is 37.5 Å². The van der Waals surface area contributed by atoms with E-state index in [2.05, 4.69) is 25.2 Å². The number of anilines is 3. The molecule has 2 aromatic heterocycles. The molecule has 0 spiro atoms. The van der Waals surface area contributed by atoms with Crippen LogP contribution in [0.15, 0.2) is 30.6 Å². The summed E-state index contributed by atoms with van der Waals surface area (Å²) in [5, 5.41) is 12.7. The number of hydrogen-bond donors (Lipinski definition) is 2. The summed E-state index contributed by atoms with van der Waals surface area (Å²) in [5.74, 6) is 0.224. The number of hydrogen-bond acceptors (Lipinski definition) is 7. The number of aliphatic hydroxyl groups is 1. The molecule has 3 aromatic rings. The molecule has 1 amide bonds. The van der Waals surface area contributed by atoms with Crippen LogP contribution in [0.2, 0.25) is 5.02 Å². The van der Waals surface area contributed by atoms with E-state index in [1.165, 1.54) is 0 Å². The summed E-state index contributed by atoms with van der Waals surface area (Å²) in [6, 6.07) is 5.59. The molecule has 0 unspecified atom stereocenters. The molecule has 0 bridgehead atoms. The van der Waals surface area contributed by atoms with Crippen LogP contribution in [0.1, 0.15) is 25.7 Å². The number of nitrogens with one attached hydrogen (secondary N) is 1. The molecule has 11 heteroatoms. The second kappa shape index (κ2) is 9.94. The average molecular weight is 488 g/mol. The first-order valence-corrected chi connectivity index (χ1v) is 11.4. The van der Waals surface area contributed by atoms with Crippen molar-refractivity contribution in [3.63, 3.8) is 0 Å². The number of aromatic nitrogens is 4. The lowest BCUT2D eigenvalue weighted by atomic mass is 10.2. The van der Waals surface area contributed by atoms with Gasteiger partial charge < -0.3 is 24.8 Å². The Morgan fingerprint density at radius 2 is 1.94 bits per heavy atom. The summed E-state index contributed by atoms with van der Waals surface area (Å²) in [5.41, 5.74) is 2.27. The van der Waals surface area contributed by atoms with Crippen molar-refractivity contribution in [2.24, 2.45) is 0 Å².